The van der Waals surface area contributed by atoms with E-state index in [1.54, 1.807) is 19.1 Å². The predicted molar refractivity (Wildman–Crippen MR) is 56.5 cm³/mol. The third-order valence-corrected chi connectivity index (χ3v) is 1.99. The van der Waals surface area contributed by atoms with Gasteiger partial charge in [-0.2, -0.15) is 0 Å². The molecule has 0 spiro atoms. The maximum absolute atomic E-state index is 10.6. The molecule has 1 rings (SSSR count). The van der Waals surface area contributed by atoms with Gasteiger partial charge < -0.3 is 15.6 Å². The number of nitrogens with two attached hydrogens (primary N) is 1. The fraction of sp³-hybridized carbons (Fsp3) is 0.364. The highest BCUT2D eigenvalue weighted by Gasteiger charge is 2.09. The highest BCUT2D eigenvalue weighted by molar-refractivity contribution is 5.75. The molecule has 0 aliphatic rings. The average molecular weight is 209 g/mol. The van der Waals surface area contributed by atoms with Crippen LogP contribution in [0.4, 0.5) is 0 Å². The Morgan fingerprint density at radius 1 is 1.60 bits per heavy atom. The van der Waals surface area contributed by atoms with Crippen molar-refractivity contribution in [3.05, 3.63) is 29.3 Å². The van der Waals surface area contributed by atoms with Gasteiger partial charge in [0, 0.05) is 5.56 Å². The molecule has 0 aromatic heterocycles. The highest BCUT2D eigenvalue weighted by atomic mass is 16.5. The Kier molecular flexibility index (Phi) is 3.68. The Morgan fingerprint density at radius 2 is 2.27 bits per heavy atom. The molecule has 1 amide bonds. The monoisotopic (exact) mass is 209 g/mol. The SMILES string of the molecule is Cc1ccc([C@H](C)O)c(OCC(N)=O)c1. The summed E-state index contributed by atoms with van der Waals surface area (Å²) in [6.45, 7) is 3.37. The minimum atomic E-state index is -0.631. The van der Waals surface area contributed by atoms with Crippen molar-refractivity contribution in [3.63, 3.8) is 0 Å². The smallest absolute Gasteiger partial charge is 0.255 e. The van der Waals surface area contributed by atoms with E-state index in [0.717, 1.165) is 5.56 Å². The Hall–Kier alpha value is -1.55. The van der Waals surface area contributed by atoms with Crippen molar-refractivity contribution in [2.45, 2.75) is 20.0 Å². The molecule has 1 aromatic rings. The maximum atomic E-state index is 10.6. The number of amides is 1. The zero-order chi connectivity index (χ0) is 11.4. The second-order valence-corrected chi connectivity index (χ2v) is 3.47. The quantitative estimate of drug-likeness (QED) is 0.774. The van der Waals surface area contributed by atoms with Crippen molar-refractivity contribution in [1.29, 1.82) is 0 Å². The minimum absolute atomic E-state index is 0.177. The van der Waals surface area contributed by atoms with Gasteiger partial charge in [-0.3, -0.25) is 4.79 Å². The number of hydrogen-bond donors (Lipinski definition) is 2. The number of primary amides is 1. The second-order valence-electron chi connectivity index (χ2n) is 3.47. The van der Waals surface area contributed by atoms with Crippen molar-refractivity contribution in [2.75, 3.05) is 6.61 Å². The van der Waals surface area contributed by atoms with E-state index in [1.165, 1.54) is 0 Å². The first-order chi connectivity index (χ1) is 7.00. The normalized spacial score (nSPS) is 12.2. The number of ether oxygens (including phenoxy) is 1. The van der Waals surface area contributed by atoms with Gasteiger partial charge in [0.05, 0.1) is 6.10 Å². The molecule has 0 saturated carbocycles. The molecule has 0 radical (unpaired) electrons. The van der Waals surface area contributed by atoms with Crippen LogP contribution in [-0.2, 0) is 4.79 Å². The van der Waals surface area contributed by atoms with Gasteiger partial charge in [0.2, 0.25) is 0 Å². The molecule has 0 aliphatic heterocycles. The van der Waals surface area contributed by atoms with Gasteiger partial charge in [0.15, 0.2) is 6.61 Å². The number of aliphatic hydroxyl groups is 1. The van der Waals surface area contributed by atoms with Crippen LogP contribution in [0.5, 0.6) is 5.75 Å². The molecule has 0 unspecified atom stereocenters. The third-order valence-electron chi connectivity index (χ3n) is 1.99. The Labute approximate surface area is 88.7 Å². The molecular weight excluding hydrogens is 194 g/mol. The molecule has 0 saturated heterocycles. The molecule has 82 valence electrons. The van der Waals surface area contributed by atoms with Crippen molar-refractivity contribution in [3.8, 4) is 5.75 Å². The van der Waals surface area contributed by atoms with Gasteiger partial charge in [0.25, 0.3) is 5.91 Å². The molecule has 0 fully saturated rings. The first-order valence-corrected chi connectivity index (χ1v) is 4.70. The summed E-state index contributed by atoms with van der Waals surface area (Å²) in [6, 6.07) is 5.42. The molecular formula is C11H15NO3. The van der Waals surface area contributed by atoms with E-state index in [4.69, 9.17) is 10.5 Å². The van der Waals surface area contributed by atoms with Crippen LogP contribution in [0.25, 0.3) is 0 Å². The molecule has 15 heavy (non-hydrogen) atoms. The van der Waals surface area contributed by atoms with Crippen LogP contribution in [0.3, 0.4) is 0 Å². The molecule has 1 aromatic carbocycles. The summed E-state index contributed by atoms with van der Waals surface area (Å²) in [5, 5.41) is 9.46. The Morgan fingerprint density at radius 3 is 2.80 bits per heavy atom. The van der Waals surface area contributed by atoms with Crippen LogP contribution in [0, 0.1) is 6.92 Å². The van der Waals surface area contributed by atoms with Gasteiger partial charge in [-0.25, -0.2) is 0 Å². The Balaban J connectivity index is 2.91. The van der Waals surface area contributed by atoms with Gasteiger partial charge in [-0.15, -0.1) is 0 Å². The van der Waals surface area contributed by atoms with E-state index < -0.39 is 12.0 Å². The number of carbonyl (C=O) groups excluding carboxylic acids is 1. The number of aryl methyl sites for hydroxylation is 1. The molecule has 1 atom stereocenters. The molecule has 4 heteroatoms. The first-order valence-electron chi connectivity index (χ1n) is 4.70. The molecule has 3 N–H and O–H groups in total. The highest BCUT2D eigenvalue weighted by Crippen LogP contribution is 2.26. The van der Waals surface area contributed by atoms with Crippen LogP contribution in [0.15, 0.2) is 18.2 Å². The number of hydrogen-bond acceptors (Lipinski definition) is 3. The molecule has 0 aliphatic carbocycles. The average Bonchev–Trinajstić information content (AvgIpc) is 2.14. The second kappa shape index (κ2) is 4.79. The number of carbonyl (C=O) groups is 1. The molecule has 4 nitrogen and oxygen atoms in total. The summed E-state index contributed by atoms with van der Waals surface area (Å²) < 4.78 is 5.21. The van der Waals surface area contributed by atoms with Crippen molar-refractivity contribution in [2.24, 2.45) is 5.73 Å². The van der Waals surface area contributed by atoms with E-state index in [0.29, 0.717) is 11.3 Å². The summed E-state index contributed by atoms with van der Waals surface area (Å²) in [4.78, 5) is 10.6. The van der Waals surface area contributed by atoms with Gasteiger partial charge in [-0.1, -0.05) is 12.1 Å². The standard InChI is InChI=1S/C11H15NO3/c1-7-3-4-9(8(2)13)10(5-7)15-6-11(12)14/h3-5,8,13H,6H2,1-2H3,(H2,12,14)/t8-/m0/s1. The van der Waals surface area contributed by atoms with Gasteiger partial charge in [-0.05, 0) is 25.5 Å². The minimum Gasteiger partial charge on any atom is -0.483 e. The first kappa shape index (κ1) is 11.5. The Bertz CT molecular complexity index is 361. The fourth-order valence-corrected chi connectivity index (χ4v) is 1.26. The van der Waals surface area contributed by atoms with Gasteiger partial charge in [0.1, 0.15) is 5.75 Å². The number of benzene rings is 1. The van der Waals surface area contributed by atoms with Crippen LogP contribution in [0.2, 0.25) is 0 Å². The van der Waals surface area contributed by atoms with E-state index in [2.05, 4.69) is 0 Å². The van der Waals surface area contributed by atoms with Crippen molar-refractivity contribution < 1.29 is 14.6 Å². The number of aliphatic hydroxyl groups excluding tert-OH is 1. The maximum Gasteiger partial charge on any atom is 0.255 e. The van der Waals surface area contributed by atoms with Gasteiger partial charge >= 0.3 is 0 Å². The summed E-state index contributed by atoms with van der Waals surface area (Å²) in [5.74, 6) is -0.0307. The van der Waals surface area contributed by atoms with Crippen LogP contribution in [0.1, 0.15) is 24.2 Å². The topological polar surface area (TPSA) is 72.6 Å². The largest absolute Gasteiger partial charge is 0.483 e. The molecule has 0 heterocycles. The van der Waals surface area contributed by atoms with E-state index in [9.17, 15) is 9.90 Å². The third kappa shape index (κ3) is 3.25. The van der Waals surface area contributed by atoms with E-state index in [1.807, 2.05) is 13.0 Å². The van der Waals surface area contributed by atoms with Crippen molar-refractivity contribution >= 4 is 5.91 Å². The van der Waals surface area contributed by atoms with E-state index in [-0.39, 0.29) is 6.61 Å². The van der Waals surface area contributed by atoms with Crippen LogP contribution >= 0.6 is 0 Å². The lowest BCUT2D eigenvalue weighted by Crippen LogP contribution is -2.20. The fourth-order valence-electron chi connectivity index (χ4n) is 1.26. The number of rotatable bonds is 4. The lowest BCUT2D eigenvalue weighted by atomic mass is 10.1. The lowest BCUT2D eigenvalue weighted by Gasteiger charge is -2.13. The molecule has 0 bridgehead atoms. The van der Waals surface area contributed by atoms with Crippen LogP contribution < -0.4 is 10.5 Å². The zero-order valence-electron chi connectivity index (χ0n) is 8.86. The van der Waals surface area contributed by atoms with Crippen LogP contribution in [-0.4, -0.2) is 17.6 Å². The van der Waals surface area contributed by atoms with Crippen molar-refractivity contribution in [1.82, 2.24) is 0 Å². The predicted octanol–water partition coefficient (Wildman–Crippen LogP) is 0.912. The lowest BCUT2D eigenvalue weighted by molar-refractivity contribution is -0.120. The summed E-state index contributed by atoms with van der Waals surface area (Å²) in [7, 11) is 0. The summed E-state index contributed by atoms with van der Waals surface area (Å²) >= 11 is 0. The van der Waals surface area contributed by atoms with E-state index >= 15 is 0 Å². The zero-order valence-corrected chi connectivity index (χ0v) is 8.86. The summed E-state index contributed by atoms with van der Waals surface area (Å²) in [6.07, 6.45) is -0.631. The summed E-state index contributed by atoms with van der Waals surface area (Å²) in [5.41, 5.74) is 6.63.